The van der Waals surface area contributed by atoms with Crippen LogP contribution in [-0.4, -0.2) is 60.4 Å². The molecule has 1 amide bonds. The summed E-state index contributed by atoms with van der Waals surface area (Å²) in [5.41, 5.74) is 12.9. The number of nitrogens with zero attached hydrogens (tertiary/aromatic N) is 6. The van der Waals surface area contributed by atoms with Crippen LogP contribution in [0, 0.1) is 18.8 Å². The Labute approximate surface area is 238 Å². The van der Waals surface area contributed by atoms with Crippen LogP contribution in [-0.2, 0) is 13.6 Å². The van der Waals surface area contributed by atoms with Crippen LogP contribution >= 0.6 is 0 Å². The average Bonchev–Trinajstić information content (AvgIpc) is 3.24. The van der Waals surface area contributed by atoms with Crippen molar-refractivity contribution in [1.82, 2.24) is 28.8 Å². The standard InChI is InChI=1S/C32H35N7O2/c1-18-10-11-39(35-18)23-8-6-20-13-27(37(26(20)15-23)16-19-4-5-19)31-34-24-12-22(14-28(41-3)30(24)36(31)2)32(40)38-17-21-7-9-25(38)29(21)33/h6,8,10-15,19,21,25,29H,4-5,7,9,16-17,33H2,1-3H3/t21-,25-,29-/m1/s1. The molecular weight excluding hydrogens is 514 g/mol. The van der Waals surface area contributed by atoms with E-state index in [1.807, 2.05) is 47.9 Å². The van der Waals surface area contributed by atoms with E-state index in [2.05, 4.69) is 38.5 Å². The SMILES string of the molecule is COc1cc(C(=O)N2C[C@H]3CC[C@@H]2[C@@H]3N)cc2nc(-c3cc4ccc(-n5ccc(C)n5)cc4n3CC3CC3)n(C)c12. The second kappa shape index (κ2) is 8.94. The summed E-state index contributed by atoms with van der Waals surface area (Å²) in [5, 5.41) is 5.79. The lowest BCUT2D eigenvalue weighted by Gasteiger charge is -2.27. The van der Waals surface area contributed by atoms with Crippen molar-refractivity contribution < 1.29 is 9.53 Å². The van der Waals surface area contributed by atoms with Crippen LogP contribution in [0.5, 0.6) is 5.75 Å². The summed E-state index contributed by atoms with van der Waals surface area (Å²) in [4.78, 5) is 20.8. The Morgan fingerprint density at radius 3 is 2.63 bits per heavy atom. The monoisotopic (exact) mass is 549 g/mol. The van der Waals surface area contributed by atoms with Gasteiger partial charge in [0.05, 0.1) is 35.2 Å². The highest BCUT2D eigenvalue weighted by Crippen LogP contribution is 2.40. The summed E-state index contributed by atoms with van der Waals surface area (Å²) in [6, 6.07) is 14.8. The number of rotatable bonds is 6. The van der Waals surface area contributed by atoms with E-state index >= 15 is 0 Å². The normalized spacial score (nSPS) is 22.0. The number of piperidine rings is 1. The highest BCUT2D eigenvalue weighted by atomic mass is 16.5. The number of ether oxygens (including phenoxy) is 1. The number of carbonyl (C=O) groups excluding carboxylic acids is 1. The Hall–Kier alpha value is -4.11. The summed E-state index contributed by atoms with van der Waals surface area (Å²) >= 11 is 0. The molecule has 9 nitrogen and oxygen atoms in total. The van der Waals surface area contributed by atoms with Gasteiger partial charge < -0.3 is 24.5 Å². The van der Waals surface area contributed by atoms with E-state index < -0.39 is 0 Å². The minimum Gasteiger partial charge on any atom is -0.494 e. The second-order valence-electron chi connectivity index (χ2n) is 12.2. The van der Waals surface area contributed by atoms with E-state index in [0.717, 1.165) is 59.9 Å². The first kappa shape index (κ1) is 24.7. The van der Waals surface area contributed by atoms with E-state index in [9.17, 15) is 4.79 Å². The summed E-state index contributed by atoms with van der Waals surface area (Å²) in [6.45, 7) is 3.69. The Kier molecular flexibility index (Phi) is 5.38. The Morgan fingerprint density at radius 2 is 1.95 bits per heavy atom. The molecule has 5 aromatic rings. The Bertz CT molecular complexity index is 1840. The molecular formula is C32H35N7O2. The van der Waals surface area contributed by atoms with Crippen molar-refractivity contribution in [3.63, 3.8) is 0 Å². The van der Waals surface area contributed by atoms with Gasteiger partial charge in [-0.1, -0.05) is 6.07 Å². The average molecular weight is 550 g/mol. The predicted molar refractivity (Wildman–Crippen MR) is 158 cm³/mol. The number of fused-ring (bicyclic) bond motifs is 4. The molecule has 0 unspecified atom stereocenters. The maximum atomic E-state index is 13.7. The molecule has 210 valence electrons. The molecule has 3 atom stereocenters. The molecule has 0 radical (unpaired) electrons. The van der Waals surface area contributed by atoms with Crippen LogP contribution in [0.25, 0.3) is 39.1 Å². The lowest BCUT2D eigenvalue weighted by Crippen LogP contribution is -2.41. The van der Waals surface area contributed by atoms with Gasteiger partial charge in [0.25, 0.3) is 5.91 Å². The molecule has 2 N–H and O–H groups in total. The Morgan fingerprint density at radius 1 is 1.10 bits per heavy atom. The lowest BCUT2D eigenvalue weighted by atomic mass is 10.1. The molecule has 3 aromatic heterocycles. The van der Waals surface area contributed by atoms with Crippen molar-refractivity contribution in [1.29, 1.82) is 0 Å². The van der Waals surface area contributed by atoms with Crippen molar-refractivity contribution in [2.24, 2.45) is 24.6 Å². The maximum Gasteiger partial charge on any atom is 0.254 e. The first-order valence-electron chi connectivity index (χ1n) is 14.7. The second-order valence-corrected chi connectivity index (χ2v) is 12.2. The van der Waals surface area contributed by atoms with Gasteiger partial charge in [-0.05, 0) is 80.8 Å². The Balaban J connectivity index is 1.25. The van der Waals surface area contributed by atoms with Crippen LogP contribution in [0.4, 0.5) is 0 Å². The summed E-state index contributed by atoms with van der Waals surface area (Å²) in [6.07, 6.45) is 6.60. The zero-order chi connectivity index (χ0) is 28.0. The predicted octanol–water partition coefficient (Wildman–Crippen LogP) is 4.67. The van der Waals surface area contributed by atoms with Crippen molar-refractivity contribution >= 4 is 27.8 Å². The number of aryl methyl sites for hydroxylation is 2. The molecule has 2 aliphatic carbocycles. The third-order valence-electron chi connectivity index (χ3n) is 9.56. The third-order valence-corrected chi connectivity index (χ3v) is 9.56. The van der Waals surface area contributed by atoms with Gasteiger partial charge in [0.15, 0.2) is 5.82 Å². The number of methoxy groups -OCH3 is 1. The van der Waals surface area contributed by atoms with Gasteiger partial charge in [-0.2, -0.15) is 5.10 Å². The summed E-state index contributed by atoms with van der Waals surface area (Å²) < 4.78 is 12.3. The minimum atomic E-state index is 0.0179. The van der Waals surface area contributed by atoms with Crippen LogP contribution in [0.2, 0.25) is 0 Å². The fraction of sp³-hybridized carbons (Fsp3) is 0.406. The van der Waals surface area contributed by atoms with E-state index in [0.29, 0.717) is 23.1 Å². The smallest absolute Gasteiger partial charge is 0.254 e. The van der Waals surface area contributed by atoms with E-state index in [1.54, 1.807) is 7.11 Å². The number of benzene rings is 2. The topological polar surface area (TPSA) is 96.1 Å². The molecule has 8 rings (SSSR count). The molecule has 1 aliphatic heterocycles. The fourth-order valence-corrected chi connectivity index (χ4v) is 7.15. The number of aromatic nitrogens is 5. The zero-order valence-corrected chi connectivity index (χ0v) is 23.7. The molecule has 3 aliphatic rings. The quantitative estimate of drug-likeness (QED) is 0.332. The van der Waals surface area contributed by atoms with Crippen LogP contribution in [0.1, 0.15) is 41.7 Å². The van der Waals surface area contributed by atoms with Crippen LogP contribution in [0.3, 0.4) is 0 Å². The van der Waals surface area contributed by atoms with Gasteiger partial charge in [0, 0.05) is 49.4 Å². The molecule has 2 saturated carbocycles. The minimum absolute atomic E-state index is 0.0179. The van der Waals surface area contributed by atoms with Crippen LogP contribution < -0.4 is 10.5 Å². The van der Waals surface area contributed by atoms with E-state index in [-0.39, 0.29) is 18.0 Å². The number of amides is 1. The molecule has 4 heterocycles. The highest BCUT2D eigenvalue weighted by Gasteiger charge is 2.47. The van der Waals surface area contributed by atoms with Gasteiger partial charge in [-0.25, -0.2) is 9.67 Å². The highest BCUT2D eigenvalue weighted by molar-refractivity contribution is 6.00. The van der Waals surface area contributed by atoms with Gasteiger partial charge in [-0.3, -0.25) is 4.79 Å². The molecule has 2 aromatic carbocycles. The first-order valence-corrected chi connectivity index (χ1v) is 14.7. The summed E-state index contributed by atoms with van der Waals surface area (Å²) in [7, 11) is 3.69. The number of hydrogen-bond donors (Lipinski definition) is 1. The molecule has 2 bridgehead atoms. The summed E-state index contributed by atoms with van der Waals surface area (Å²) in [5.74, 6) is 2.61. The van der Waals surface area contributed by atoms with Gasteiger partial charge in [0.1, 0.15) is 11.3 Å². The van der Waals surface area contributed by atoms with Gasteiger partial charge in [-0.15, -0.1) is 0 Å². The zero-order valence-electron chi connectivity index (χ0n) is 23.7. The number of likely N-dealkylation sites (tertiary alicyclic amines) is 1. The fourth-order valence-electron chi connectivity index (χ4n) is 7.15. The number of hydrogen-bond acceptors (Lipinski definition) is 5. The molecule has 41 heavy (non-hydrogen) atoms. The third kappa shape index (κ3) is 3.82. The van der Waals surface area contributed by atoms with Gasteiger partial charge in [0.2, 0.25) is 0 Å². The molecule has 3 fully saturated rings. The largest absolute Gasteiger partial charge is 0.494 e. The maximum absolute atomic E-state index is 13.7. The van der Waals surface area contributed by atoms with Gasteiger partial charge >= 0.3 is 0 Å². The number of nitrogens with two attached hydrogens (primary N) is 1. The van der Waals surface area contributed by atoms with Crippen molar-refractivity contribution in [3.8, 4) is 23.0 Å². The van der Waals surface area contributed by atoms with Crippen molar-refractivity contribution in [2.75, 3.05) is 13.7 Å². The van der Waals surface area contributed by atoms with Crippen molar-refractivity contribution in [3.05, 3.63) is 59.9 Å². The van der Waals surface area contributed by atoms with Crippen LogP contribution in [0.15, 0.2) is 48.7 Å². The molecule has 1 saturated heterocycles. The number of carbonyl (C=O) groups is 1. The number of imidazole rings is 1. The molecule has 0 spiro atoms. The van der Waals surface area contributed by atoms with E-state index in [1.165, 1.54) is 23.7 Å². The lowest BCUT2D eigenvalue weighted by molar-refractivity contribution is 0.0700. The molecule has 9 heteroatoms. The van der Waals surface area contributed by atoms with Crippen molar-refractivity contribution in [2.45, 2.75) is 51.2 Å². The van der Waals surface area contributed by atoms with E-state index in [4.69, 9.17) is 15.5 Å². The first-order chi connectivity index (χ1) is 19.9.